The van der Waals surface area contributed by atoms with Gasteiger partial charge in [-0.25, -0.2) is 4.98 Å². The van der Waals surface area contributed by atoms with Crippen LogP contribution in [0.15, 0.2) is 133 Å². The Balaban J connectivity index is 1.34. The lowest BCUT2D eigenvalue weighted by Crippen LogP contribution is -1.98. The van der Waals surface area contributed by atoms with E-state index in [1.807, 2.05) is 35.6 Å². The maximum absolute atomic E-state index is 6.54. The average Bonchev–Trinajstić information content (AvgIpc) is 3.43. The summed E-state index contributed by atoms with van der Waals surface area (Å²) in [5, 5.41) is 5.00. The molecule has 8 rings (SSSR count). The third-order valence-corrected chi connectivity index (χ3v) is 9.02. The SMILES string of the molecule is Clc1nc(-c2cc(-c3ccccc3)cc(-c3cccc4c3sc3ccccc34)c2)nc(-c2ccc3ccccc3c2)n1. The molecule has 2 aromatic heterocycles. The molecular formula is C37H22ClN3S. The van der Waals surface area contributed by atoms with E-state index in [1.54, 1.807) is 0 Å². The van der Waals surface area contributed by atoms with Gasteiger partial charge in [-0.3, -0.25) is 0 Å². The molecule has 42 heavy (non-hydrogen) atoms. The van der Waals surface area contributed by atoms with Crippen LogP contribution in [-0.2, 0) is 0 Å². The molecule has 0 bridgehead atoms. The number of fused-ring (bicyclic) bond motifs is 4. The topological polar surface area (TPSA) is 38.7 Å². The van der Waals surface area contributed by atoms with Crippen molar-refractivity contribution in [3.63, 3.8) is 0 Å². The normalized spacial score (nSPS) is 11.5. The van der Waals surface area contributed by atoms with Crippen LogP contribution >= 0.6 is 22.9 Å². The number of nitrogens with zero attached hydrogens (tertiary/aromatic N) is 3. The Morgan fingerprint density at radius 1 is 0.452 bits per heavy atom. The van der Waals surface area contributed by atoms with E-state index in [1.165, 1.54) is 25.7 Å². The number of thiophene rings is 1. The zero-order chi connectivity index (χ0) is 28.0. The third-order valence-electron chi connectivity index (χ3n) is 7.63. The van der Waals surface area contributed by atoms with Gasteiger partial charge in [0.05, 0.1) is 0 Å². The van der Waals surface area contributed by atoms with E-state index in [-0.39, 0.29) is 5.28 Å². The fraction of sp³-hybridized carbons (Fsp3) is 0. The van der Waals surface area contributed by atoms with Crippen molar-refractivity contribution in [3.8, 4) is 45.0 Å². The molecule has 198 valence electrons. The molecule has 0 saturated carbocycles. The third kappa shape index (κ3) is 4.42. The molecule has 0 aliphatic carbocycles. The lowest BCUT2D eigenvalue weighted by atomic mass is 9.95. The van der Waals surface area contributed by atoms with E-state index in [9.17, 15) is 0 Å². The second-order valence-electron chi connectivity index (χ2n) is 10.3. The van der Waals surface area contributed by atoms with Gasteiger partial charge in [-0.05, 0) is 75.0 Å². The van der Waals surface area contributed by atoms with Gasteiger partial charge in [0.1, 0.15) is 0 Å². The molecule has 0 aliphatic heterocycles. The van der Waals surface area contributed by atoms with Gasteiger partial charge < -0.3 is 0 Å². The number of aromatic nitrogens is 3. The fourth-order valence-corrected chi connectivity index (χ4v) is 7.02. The summed E-state index contributed by atoms with van der Waals surface area (Å²) in [4.78, 5) is 14.1. The summed E-state index contributed by atoms with van der Waals surface area (Å²) in [6.45, 7) is 0. The van der Waals surface area contributed by atoms with Gasteiger partial charge in [0.15, 0.2) is 11.6 Å². The van der Waals surface area contributed by atoms with Crippen LogP contribution in [0.25, 0.3) is 76.0 Å². The molecule has 0 spiro atoms. The van der Waals surface area contributed by atoms with Crippen molar-refractivity contribution < 1.29 is 0 Å². The van der Waals surface area contributed by atoms with Crippen molar-refractivity contribution in [2.24, 2.45) is 0 Å². The van der Waals surface area contributed by atoms with Gasteiger partial charge in [0.25, 0.3) is 0 Å². The highest BCUT2D eigenvalue weighted by Crippen LogP contribution is 2.41. The van der Waals surface area contributed by atoms with E-state index in [0.29, 0.717) is 11.6 Å². The summed E-state index contributed by atoms with van der Waals surface area (Å²) in [6, 6.07) is 46.6. The summed E-state index contributed by atoms with van der Waals surface area (Å²) < 4.78 is 2.55. The second kappa shape index (κ2) is 10.2. The van der Waals surface area contributed by atoms with Gasteiger partial charge >= 0.3 is 0 Å². The number of benzene rings is 6. The van der Waals surface area contributed by atoms with Crippen LogP contribution in [0.1, 0.15) is 0 Å². The molecule has 0 saturated heterocycles. The first kappa shape index (κ1) is 24.9. The van der Waals surface area contributed by atoms with Crippen LogP contribution in [0.2, 0.25) is 5.28 Å². The molecule has 2 heterocycles. The van der Waals surface area contributed by atoms with Gasteiger partial charge in [0, 0.05) is 31.3 Å². The monoisotopic (exact) mass is 575 g/mol. The number of hydrogen-bond acceptors (Lipinski definition) is 4. The van der Waals surface area contributed by atoms with Crippen LogP contribution in [0.3, 0.4) is 0 Å². The number of halogens is 1. The van der Waals surface area contributed by atoms with E-state index >= 15 is 0 Å². The molecule has 0 N–H and O–H groups in total. The van der Waals surface area contributed by atoms with Gasteiger partial charge in [-0.15, -0.1) is 11.3 Å². The van der Waals surface area contributed by atoms with Crippen LogP contribution in [0, 0.1) is 0 Å². The first-order valence-corrected chi connectivity index (χ1v) is 14.9. The van der Waals surface area contributed by atoms with Crippen molar-refractivity contribution in [1.29, 1.82) is 0 Å². The minimum absolute atomic E-state index is 0.168. The molecule has 0 aliphatic rings. The highest BCUT2D eigenvalue weighted by Gasteiger charge is 2.16. The number of hydrogen-bond donors (Lipinski definition) is 0. The Labute approximate surface area is 251 Å². The van der Waals surface area contributed by atoms with E-state index < -0.39 is 0 Å². The number of rotatable bonds is 4. The molecule has 0 radical (unpaired) electrons. The quantitative estimate of drug-likeness (QED) is 0.209. The summed E-state index contributed by atoms with van der Waals surface area (Å²) in [7, 11) is 0. The summed E-state index contributed by atoms with van der Waals surface area (Å²) >= 11 is 8.37. The average molecular weight is 576 g/mol. The molecule has 0 fully saturated rings. The Hall–Kier alpha value is -4.90. The fourth-order valence-electron chi connectivity index (χ4n) is 5.62. The summed E-state index contributed by atoms with van der Waals surface area (Å²) in [5.41, 5.74) is 6.28. The standard InChI is InChI=1S/C37H22ClN3S/c38-37-40-35(26-18-17-24-11-4-5-12-25(24)19-26)39-36(41-37)29-21-27(23-9-2-1-3-10-23)20-28(22-29)30-14-8-15-32-31-13-6-7-16-33(31)42-34(30)32/h1-22H. The predicted molar refractivity (Wildman–Crippen MR) is 177 cm³/mol. The van der Waals surface area contributed by atoms with Crippen LogP contribution in [0.5, 0.6) is 0 Å². The first-order valence-electron chi connectivity index (χ1n) is 13.7. The van der Waals surface area contributed by atoms with Crippen LogP contribution in [0.4, 0.5) is 0 Å². The molecule has 6 aromatic carbocycles. The van der Waals surface area contributed by atoms with Crippen molar-refractivity contribution in [2.75, 3.05) is 0 Å². The Bertz CT molecular complexity index is 2270. The summed E-state index contributed by atoms with van der Waals surface area (Å²) in [6.07, 6.45) is 0. The largest absolute Gasteiger partial charge is 0.226 e. The van der Waals surface area contributed by atoms with E-state index in [2.05, 4.69) is 119 Å². The van der Waals surface area contributed by atoms with Crippen molar-refractivity contribution in [3.05, 3.63) is 139 Å². The van der Waals surface area contributed by atoms with E-state index in [4.69, 9.17) is 16.6 Å². The molecule has 3 nitrogen and oxygen atoms in total. The van der Waals surface area contributed by atoms with Crippen LogP contribution in [-0.4, -0.2) is 15.0 Å². The minimum Gasteiger partial charge on any atom is -0.208 e. The van der Waals surface area contributed by atoms with Gasteiger partial charge in [-0.1, -0.05) is 103 Å². The lowest BCUT2D eigenvalue weighted by Gasteiger charge is -2.12. The second-order valence-corrected chi connectivity index (χ2v) is 11.6. The molecule has 8 aromatic rings. The molecule has 0 amide bonds. The first-order chi connectivity index (χ1) is 20.7. The van der Waals surface area contributed by atoms with Crippen LogP contribution < -0.4 is 0 Å². The maximum atomic E-state index is 6.54. The molecule has 0 atom stereocenters. The molecule has 0 unspecified atom stereocenters. The Kier molecular flexibility index (Phi) is 6.03. The zero-order valence-electron chi connectivity index (χ0n) is 22.3. The molecular weight excluding hydrogens is 554 g/mol. The van der Waals surface area contributed by atoms with Gasteiger partial charge in [-0.2, -0.15) is 9.97 Å². The minimum atomic E-state index is 0.168. The predicted octanol–water partition coefficient (Wildman–Crippen LogP) is 10.7. The Morgan fingerprint density at radius 2 is 1.14 bits per heavy atom. The highest BCUT2D eigenvalue weighted by atomic mass is 35.5. The summed E-state index contributed by atoms with van der Waals surface area (Å²) in [5.74, 6) is 1.09. The van der Waals surface area contributed by atoms with Crippen molar-refractivity contribution >= 4 is 53.9 Å². The Morgan fingerprint density at radius 3 is 2.02 bits per heavy atom. The molecule has 5 heteroatoms. The van der Waals surface area contributed by atoms with E-state index in [0.717, 1.165) is 38.6 Å². The van der Waals surface area contributed by atoms with Gasteiger partial charge in [0.2, 0.25) is 5.28 Å². The smallest absolute Gasteiger partial charge is 0.208 e. The maximum Gasteiger partial charge on any atom is 0.226 e. The van der Waals surface area contributed by atoms with Crippen molar-refractivity contribution in [2.45, 2.75) is 0 Å². The highest BCUT2D eigenvalue weighted by molar-refractivity contribution is 7.26. The van der Waals surface area contributed by atoms with Crippen molar-refractivity contribution in [1.82, 2.24) is 15.0 Å². The zero-order valence-corrected chi connectivity index (χ0v) is 23.9. The lowest BCUT2D eigenvalue weighted by molar-refractivity contribution is 1.07.